The summed E-state index contributed by atoms with van der Waals surface area (Å²) in [4.78, 5) is 11.2. The van der Waals surface area contributed by atoms with Crippen molar-refractivity contribution in [3.05, 3.63) is 24.3 Å². The highest BCUT2D eigenvalue weighted by Crippen LogP contribution is 2.21. The molecule has 4 nitrogen and oxygen atoms in total. The second kappa shape index (κ2) is 7.85. The summed E-state index contributed by atoms with van der Waals surface area (Å²) in [6.07, 6.45) is -4.38. The van der Waals surface area contributed by atoms with Gasteiger partial charge in [0.2, 0.25) is 5.91 Å². The van der Waals surface area contributed by atoms with E-state index in [1.807, 2.05) is 0 Å². The molecular weight excluding hydrogens is 285 g/mol. The van der Waals surface area contributed by atoms with Gasteiger partial charge >= 0.3 is 6.18 Å². The quantitative estimate of drug-likeness (QED) is 0.876. The average molecular weight is 299 g/mol. The van der Waals surface area contributed by atoms with E-state index in [9.17, 15) is 18.0 Å². The van der Waals surface area contributed by atoms with Gasteiger partial charge in [-0.15, -0.1) is 12.4 Å². The highest BCUT2D eigenvalue weighted by atomic mass is 35.5. The van der Waals surface area contributed by atoms with E-state index in [4.69, 9.17) is 0 Å². The molecule has 0 heterocycles. The van der Waals surface area contributed by atoms with Crippen molar-refractivity contribution in [3.8, 4) is 5.75 Å². The lowest BCUT2D eigenvalue weighted by molar-refractivity contribution is -0.153. The van der Waals surface area contributed by atoms with Crippen LogP contribution in [0.1, 0.15) is 0 Å². The largest absolute Gasteiger partial charge is 0.484 e. The number of carbonyl (C=O) groups is 1. The lowest BCUT2D eigenvalue weighted by atomic mass is 10.3. The first kappa shape index (κ1) is 17.5. The Hall–Kier alpha value is -1.47. The second-order valence-electron chi connectivity index (χ2n) is 3.51. The van der Waals surface area contributed by atoms with Gasteiger partial charge in [0.15, 0.2) is 6.61 Å². The van der Waals surface area contributed by atoms with E-state index in [2.05, 4.69) is 15.4 Å². The molecular formula is C11H14ClF3N2O2. The van der Waals surface area contributed by atoms with E-state index in [-0.39, 0.29) is 30.6 Å². The number of anilines is 1. The van der Waals surface area contributed by atoms with Gasteiger partial charge < -0.3 is 15.4 Å². The summed E-state index contributed by atoms with van der Waals surface area (Å²) in [5.41, 5.74) is 0.384. The summed E-state index contributed by atoms with van der Waals surface area (Å²) in [5.74, 6) is -0.236. The molecule has 0 saturated carbocycles. The van der Waals surface area contributed by atoms with E-state index in [0.717, 1.165) is 0 Å². The zero-order valence-electron chi connectivity index (χ0n) is 10.1. The van der Waals surface area contributed by atoms with Crippen LogP contribution in [-0.2, 0) is 4.79 Å². The van der Waals surface area contributed by atoms with Crippen molar-refractivity contribution < 1.29 is 22.7 Å². The first-order chi connectivity index (χ1) is 8.40. The van der Waals surface area contributed by atoms with Crippen LogP contribution in [0.15, 0.2) is 24.3 Å². The standard InChI is InChI=1S/C11H13F3N2O2.ClH/c1-15-6-10(17)16-8-3-2-4-9(5-8)18-7-11(12,13)14;/h2-5,15H,6-7H2,1H3,(H,16,17);1H. The number of ether oxygens (including phenoxy) is 1. The number of likely N-dealkylation sites (N-methyl/N-ethyl adjacent to an activating group) is 1. The highest BCUT2D eigenvalue weighted by Gasteiger charge is 2.28. The van der Waals surface area contributed by atoms with Gasteiger partial charge in [0.1, 0.15) is 5.75 Å². The molecule has 1 amide bonds. The van der Waals surface area contributed by atoms with Gasteiger partial charge in [0, 0.05) is 11.8 Å². The molecule has 8 heteroatoms. The van der Waals surface area contributed by atoms with Crippen molar-refractivity contribution >= 4 is 24.0 Å². The molecule has 0 aromatic heterocycles. The zero-order chi connectivity index (χ0) is 13.6. The Morgan fingerprint density at radius 2 is 2.05 bits per heavy atom. The lowest BCUT2D eigenvalue weighted by Gasteiger charge is -2.10. The van der Waals surface area contributed by atoms with E-state index in [0.29, 0.717) is 5.69 Å². The maximum atomic E-state index is 11.9. The van der Waals surface area contributed by atoms with Gasteiger partial charge in [0.25, 0.3) is 0 Å². The molecule has 0 spiro atoms. The van der Waals surface area contributed by atoms with Gasteiger partial charge in [-0.3, -0.25) is 4.79 Å². The van der Waals surface area contributed by atoms with Gasteiger partial charge in [-0.1, -0.05) is 6.07 Å². The number of nitrogens with one attached hydrogen (secondary N) is 2. The molecule has 108 valence electrons. The topological polar surface area (TPSA) is 50.4 Å². The lowest BCUT2D eigenvalue weighted by Crippen LogP contribution is -2.25. The minimum atomic E-state index is -4.38. The van der Waals surface area contributed by atoms with Crippen molar-refractivity contribution in [2.45, 2.75) is 6.18 Å². The molecule has 0 radical (unpaired) electrons. The summed E-state index contributed by atoms with van der Waals surface area (Å²) in [5, 5.41) is 5.17. The van der Waals surface area contributed by atoms with Gasteiger partial charge in [0.05, 0.1) is 6.54 Å². The van der Waals surface area contributed by atoms with Crippen LogP contribution in [-0.4, -0.2) is 32.3 Å². The van der Waals surface area contributed by atoms with Crippen LogP contribution in [0.5, 0.6) is 5.75 Å². The number of amides is 1. The van der Waals surface area contributed by atoms with Crippen LogP contribution in [0.25, 0.3) is 0 Å². The Balaban J connectivity index is 0.00000324. The number of halogens is 4. The number of hydrogen-bond donors (Lipinski definition) is 2. The third-order valence-electron chi connectivity index (χ3n) is 1.86. The van der Waals surface area contributed by atoms with Crippen LogP contribution in [0.3, 0.4) is 0 Å². The second-order valence-corrected chi connectivity index (χ2v) is 3.51. The third-order valence-corrected chi connectivity index (χ3v) is 1.86. The van der Waals surface area contributed by atoms with Crippen LogP contribution in [0, 0.1) is 0 Å². The summed E-state index contributed by atoms with van der Waals surface area (Å²) in [6.45, 7) is -1.24. The number of alkyl halides is 3. The molecule has 1 aromatic carbocycles. The Bertz CT molecular complexity index is 413. The summed E-state index contributed by atoms with van der Waals surface area (Å²) >= 11 is 0. The van der Waals surface area contributed by atoms with E-state index >= 15 is 0 Å². The van der Waals surface area contributed by atoms with Crippen LogP contribution in [0.2, 0.25) is 0 Å². The van der Waals surface area contributed by atoms with E-state index in [1.165, 1.54) is 18.2 Å². The minimum absolute atomic E-state index is 0. The molecule has 0 aliphatic rings. The molecule has 19 heavy (non-hydrogen) atoms. The fraction of sp³-hybridized carbons (Fsp3) is 0.364. The summed E-state index contributed by atoms with van der Waals surface area (Å²) < 4.78 is 40.4. The number of rotatable bonds is 5. The molecule has 0 aliphatic carbocycles. The Morgan fingerprint density at radius 1 is 1.37 bits per heavy atom. The molecule has 1 aromatic rings. The summed E-state index contributed by atoms with van der Waals surface area (Å²) in [6, 6.07) is 5.79. The molecule has 0 unspecified atom stereocenters. The molecule has 0 saturated heterocycles. The Morgan fingerprint density at radius 3 is 2.63 bits per heavy atom. The molecule has 0 atom stereocenters. The van der Waals surface area contributed by atoms with Crippen molar-refractivity contribution in [2.24, 2.45) is 0 Å². The normalized spacial score (nSPS) is 10.5. The van der Waals surface area contributed by atoms with Crippen molar-refractivity contribution in [2.75, 3.05) is 25.5 Å². The number of hydrogen-bond acceptors (Lipinski definition) is 3. The third kappa shape index (κ3) is 7.53. The van der Waals surface area contributed by atoms with Gasteiger partial charge in [-0.2, -0.15) is 13.2 Å². The van der Waals surface area contributed by atoms with Gasteiger partial charge in [-0.05, 0) is 19.2 Å². The van der Waals surface area contributed by atoms with Crippen molar-refractivity contribution in [1.29, 1.82) is 0 Å². The molecule has 0 aliphatic heterocycles. The van der Waals surface area contributed by atoms with Crippen molar-refractivity contribution in [3.63, 3.8) is 0 Å². The van der Waals surface area contributed by atoms with Crippen LogP contribution in [0.4, 0.5) is 18.9 Å². The number of carbonyl (C=O) groups excluding carboxylic acids is 1. The monoisotopic (exact) mass is 298 g/mol. The Labute approximate surface area is 114 Å². The molecule has 1 rings (SSSR count). The van der Waals surface area contributed by atoms with E-state index < -0.39 is 12.8 Å². The predicted molar refractivity (Wildman–Crippen MR) is 67.8 cm³/mol. The highest BCUT2D eigenvalue weighted by molar-refractivity contribution is 5.92. The fourth-order valence-electron chi connectivity index (χ4n) is 1.19. The predicted octanol–water partition coefficient (Wildman–Crippen LogP) is 2.21. The SMILES string of the molecule is CNCC(=O)Nc1cccc(OCC(F)(F)F)c1.Cl. The van der Waals surface area contributed by atoms with Crippen LogP contribution >= 0.6 is 12.4 Å². The fourth-order valence-corrected chi connectivity index (χ4v) is 1.19. The smallest absolute Gasteiger partial charge is 0.422 e. The maximum Gasteiger partial charge on any atom is 0.422 e. The van der Waals surface area contributed by atoms with Crippen molar-refractivity contribution in [1.82, 2.24) is 5.32 Å². The molecule has 0 bridgehead atoms. The first-order valence-corrected chi connectivity index (χ1v) is 5.15. The first-order valence-electron chi connectivity index (χ1n) is 5.15. The van der Waals surface area contributed by atoms with Gasteiger partial charge in [-0.25, -0.2) is 0 Å². The number of benzene rings is 1. The van der Waals surface area contributed by atoms with Crippen LogP contribution < -0.4 is 15.4 Å². The summed E-state index contributed by atoms with van der Waals surface area (Å²) in [7, 11) is 1.61. The minimum Gasteiger partial charge on any atom is -0.484 e. The van der Waals surface area contributed by atoms with E-state index in [1.54, 1.807) is 13.1 Å². The molecule has 2 N–H and O–H groups in total. The Kier molecular flexibility index (Phi) is 7.25. The maximum absolute atomic E-state index is 11.9. The zero-order valence-corrected chi connectivity index (χ0v) is 10.9. The average Bonchev–Trinajstić information content (AvgIpc) is 2.26. The molecule has 0 fully saturated rings.